The molecule has 0 aliphatic carbocycles. The molecule has 1 N–H and O–H groups in total. The van der Waals surface area contributed by atoms with Crippen LogP contribution in [0.4, 0.5) is 0 Å². The van der Waals surface area contributed by atoms with E-state index >= 15 is 0 Å². The number of benzene rings is 1. The Bertz CT molecular complexity index is 418. The Balaban J connectivity index is 1.95. The number of nitrogens with one attached hydrogen (secondary N) is 1. The van der Waals surface area contributed by atoms with Crippen LogP contribution in [0, 0.1) is 0 Å². The van der Waals surface area contributed by atoms with Crippen molar-refractivity contribution in [1.29, 1.82) is 0 Å². The Morgan fingerprint density at radius 1 is 1.30 bits per heavy atom. The molecule has 2 atom stereocenters. The van der Waals surface area contributed by atoms with Crippen molar-refractivity contribution < 1.29 is 18.9 Å². The fourth-order valence-corrected chi connectivity index (χ4v) is 2.25. The van der Waals surface area contributed by atoms with Gasteiger partial charge in [0.05, 0.1) is 40.1 Å². The van der Waals surface area contributed by atoms with E-state index in [0.717, 1.165) is 23.6 Å². The van der Waals surface area contributed by atoms with Gasteiger partial charge in [0.1, 0.15) is 11.5 Å². The topological polar surface area (TPSA) is 49.0 Å². The van der Waals surface area contributed by atoms with Gasteiger partial charge in [0, 0.05) is 24.2 Å². The fraction of sp³-hybridized carbons (Fsp3) is 0.600. The van der Waals surface area contributed by atoms with Crippen molar-refractivity contribution in [3.63, 3.8) is 0 Å². The van der Waals surface area contributed by atoms with Gasteiger partial charge >= 0.3 is 0 Å². The van der Waals surface area contributed by atoms with E-state index in [9.17, 15) is 0 Å². The minimum Gasteiger partial charge on any atom is -0.497 e. The quantitative estimate of drug-likeness (QED) is 0.861. The maximum atomic E-state index is 5.62. The third-order valence-corrected chi connectivity index (χ3v) is 3.44. The number of methoxy groups -OCH3 is 2. The Morgan fingerprint density at radius 2 is 2.15 bits per heavy atom. The van der Waals surface area contributed by atoms with Crippen molar-refractivity contribution in [3.8, 4) is 11.5 Å². The molecule has 0 saturated carbocycles. The van der Waals surface area contributed by atoms with Gasteiger partial charge in [-0.3, -0.25) is 0 Å². The van der Waals surface area contributed by atoms with Crippen molar-refractivity contribution in [1.82, 2.24) is 5.32 Å². The average molecular weight is 281 g/mol. The molecule has 1 heterocycles. The summed E-state index contributed by atoms with van der Waals surface area (Å²) in [5, 5.41) is 3.45. The predicted molar refractivity (Wildman–Crippen MR) is 76.5 cm³/mol. The lowest BCUT2D eigenvalue weighted by Gasteiger charge is -2.25. The molecule has 1 aliphatic heterocycles. The van der Waals surface area contributed by atoms with Crippen LogP contribution in [-0.4, -0.2) is 46.7 Å². The van der Waals surface area contributed by atoms with Gasteiger partial charge in [0.25, 0.3) is 0 Å². The Morgan fingerprint density at radius 3 is 2.80 bits per heavy atom. The number of hydrogen-bond acceptors (Lipinski definition) is 5. The van der Waals surface area contributed by atoms with Crippen molar-refractivity contribution >= 4 is 0 Å². The van der Waals surface area contributed by atoms with Crippen molar-refractivity contribution in [2.45, 2.75) is 19.1 Å². The van der Waals surface area contributed by atoms with E-state index < -0.39 is 0 Å². The molecule has 1 aromatic carbocycles. The molecule has 0 bridgehead atoms. The van der Waals surface area contributed by atoms with Crippen LogP contribution < -0.4 is 14.8 Å². The second kappa shape index (κ2) is 7.47. The summed E-state index contributed by atoms with van der Waals surface area (Å²) in [7, 11) is 3.32. The van der Waals surface area contributed by atoms with Crippen LogP contribution in [0.1, 0.15) is 18.5 Å². The highest BCUT2D eigenvalue weighted by Crippen LogP contribution is 2.29. The van der Waals surface area contributed by atoms with Crippen LogP contribution in [0.2, 0.25) is 0 Å². The van der Waals surface area contributed by atoms with Crippen LogP contribution in [0.5, 0.6) is 11.5 Å². The van der Waals surface area contributed by atoms with Crippen molar-refractivity contribution in [2.75, 3.05) is 40.6 Å². The van der Waals surface area contributed by atoms with Crippen LogP contribution in [0.3, 0.4) is 0 Å². The van der Waals surface area contributed by atoms with Gasteiger partial charge in [-0.1, -0.05) is 6.07 Å². The van der Waals surface area contributed by atoms with Crippen molar-refractivity contribution in [2.24, 2.45) is 0 Å². The molecule has 2 rings (SSSR count). The minimum atomic E-state index is 0.121. The summed E-state index contributed by atoms with van der Waals surface area (Å²) in [6.45, 7) is 4.88. The van der Waals surface area contributed by atoms with E-state index in [0.29, 0.717) is 19.8 Å². The molecule has 20 heavy (non-hydrogen) atoms. The second-order valence-electron chi connectivity index (χ2n) is 4.81. The molecular formula is C15H23NO4. The Labute approximate surface area is 120 Å². The van der Waals surface area contributed by atoms with E-state index in [1.165, 1.54) is 0 Å². The van der Waals surface area contributed by atoms with E-state index in [4.69, 9.17) is 18.9 Å². The third kappa shape index (κ3) is 3.85. The van der Waals surface area contributed by atoms with Gasteiger partial charge in [0.15, 0.2) is 0 Å². The summed E-state index contributed by atoms with van der Waals surface area (Å²) < 4.78 is 21.6. The van der Waals surface area contributed by atoms with Crippen LogP contribution >= 0.6 is 0 Å². The van der Waals surface area contributed by atoms with Gasteiger partial charge in [-0.15, -0.1) is 0 Å². The highest BCUT2D eigenvalue weighted by molar-refractivity contribution is 5.42. The van der Waals surface area contributed by atoms with Gasteiger partial charge in [-0.05, 0) is 13.0 Å². The normalized spacial score (nSPS) is 20.4. The first kappa shape index (κ1) is 15.1. The summed E-state index contributed by atoms with van der Waals surface area (Å²) in [4.78, 5) is 0. The third-order valence-electron chi connectivity index (χ3n) is 3.44. The first-order valence-corrected chi connectivity index (χ1v) is 6.89. The lowest BCUT2D eigenvalue weighted by molar-refractivity contribution is -0.0869. The molecule has 0 aromatic heterocycles. The van der Waals surface area contributed by atoms with Gasteiger partial charge < -0.3 is 24.3 Å². The summed E-state index contributed by atoms with van der Waals surface area (Å²) in [6, 6.07) is 6.03. The standard InChI is InChI=1S/C15H23NO4/c1-11(16-9-13-10-19-6-7-20-13)14-5-4-12(17-2)8-15(14)18-3/h4-5,8,11,13,16H,6-7,9-10H2,1-3H3. The zero-order valence-electron chi connectivity index (χ0n) is 12.3. The first-order valence-electron chi connectivity index (χ1n) is 6.89. The average Bonchev–Trinajstić information content (AvgIpc) is 2.52. The molecule has 112 valence electrons. The van der Waals surface area contributed by atoms with E-state index in [1.54, 1.807) is 14.2 Å². The van der Waals surface area contributed by atoms with E-state index in [2.05, 4.69) is 12.2 Å². The molecule has 0 amide bonds. The zero-order chi connectivity index (χ0) is 14.4. The molecule has 1 fully saturated rings. The van der Waals surface area contributed by atoms with Crippen LogP contribution in [0.15, 0.2) is 18.2 Å². The molecule has 0 radical (unpaired) electrons. The largest absolute Gasteiger partial charge is 0.497 e. The van der Waals surface area contributed by atoms with Gasteiger partial charge in [-0.25, -0.2) is 0 Å². The summed E-state index contributed by atoms with van der Waals surface area (Å²) in [5.41, 5.74) is 1.10. The number of rotatable bonds is 6. The maximum Gasteiger partial charge on any atom is 0.127 e. The highest BCUT2D eigenvalue weighted by atomic mass is 16.6. The Hall–Kier alpha value is -1.30. The summed E-state index contributed by atoms with van der Waals surface area (Å²) in [5.74, 6) is 1.62. The molecule has 1 aliphatic rings. The van der Waals surface area contributed by atoms with Crippen molar-refractivity contribution in [3.05, 3.63) is 23.8 Å². The molecule has 5 nitrogen and oxygen atoms in total. The molecular weight excluding hydrogens is 258 g/mol. The lowest BCUT2D eigenvalue weighted by atomic mass is 10.1. The molecule has 5 heteroatoms. The van der Waals surface area contributed by atoms with Crippen LogP contribution in [-0.2, 0) is 9.47 Å². The summed E-state index contributed by atoms with van der Waals surface area (Å²) >= 11 is 0. The Kier molecular flexibility index (Phi) is 5.64. The van der Waals surface area contributed by atoms with Gasteiger partial charge in [0.2, 0.25) is 0 Å². The first-order chi connectivity index (χ1) is 9.74. The lowest BCUT2D eigenvalue weighted by Crippen LogP contribution is -2.38. The van der Waals surface area contributed by atoms with E-state index in [-0.39, 0.29) is 12.1 Å². The number of ether oxygens (including phenoxy) is 4. The van der Waals surface area contributed by atoms with Gasteiger partial charge in [-0.2, -0.15) is 0 Å². The molecule has 1 aromatic rings. The fourth-order valence-electron chi connectivity index (χ4n) is 2.25. The van der Waals surface area contributed by atoms with Crippen LogP contribution in [0.25, 0.3) is 0 Å². The summed E-state index contributed by atoms with van der Waals surface area (Å²) in [6.07, 6.45) is 0.121. The predicted octanol–water partition coefficient (Wildman–Crippen LogP) is 1.77. The second-order valence-corrected chi connectivity index (χ2v) is 4.81. The maximum absolute atomic E-state index is 5.62. The minimum absolute atomic E-state index is 0.121. The smallest absolute Gasteiger partial charge is 0.127 e. The monoisotopic (exact) mass is 281 g/mol. The van der Waals surface area contributed by atoms with E-state index in [1.807, 2.05) is 18.2 Å². The molecule has 0 spiro atoms. The zero-order valence-corrected chi connectivity index (χ0v) is 12.3. The number of hydrogen-bond donors (Lipinski definition) is 1. The highest BCUT2D eigenvalue weighted by Gasteiger charge is 2.17. The molecule has 2 unspecified atom stereocenters. The SMILES string of the molecule is COc1ccc(C(C)NCC2COCCO2)c(OC)c1. The molecule has 1 saturated heterocycles.